The summed E-state index contributed by atoms with van der Waals surface area (Å²) in [6.07, 6.45) is 2.40. The summed E-state index contributed by atoms with van der Waals surface area (Å²) in [5, 5.41) is 0. The summed E-state index contributed by atoms with van der Waals surface area (Å²) >= 11 is 3.44. The second-order valence-corrected chi connectivity index (χ2v) is 5.37. The lowest BCUT2D eigenvalue weighted by atomic mass is 10.2. The van der Waals surface area contributed by atoms with E-state index >= 15 is 0 Å². The third kappa shape index (κ3) is 2.55. The monoisotopic (exact) mass is 284 g/mol. The van der Waals surface area contributed by atoms with Crippen molar-refractivity contribution in [2.45, 2.75) is 33.0 Å². The van der Waals surface area contributed by atoms with Crippen LogP contribution in [0.3, 0.4) is 0 Å². The van der Waals surface area contributed by atoms with Crippen molar-refractivity contribution in [3.05, 3.63) is 22.3 Å². The summed E-state index contributed by atoms with van der Waals surface area (Å²) in [5.41, 5.74) is 1.20. The minimum absolute atomic E-state index is 0.272. The molecule has 2 atom stereocenters. The first-order chi connectivity index (χ1) is 7.56. The van der Waals surface area contributed by atoms with Gasteiger partial charge in [0.05, 0.1) is 12.2 Å². The van der Waals surface area contributed by atoms with Gasteiger partial charge in [-0.3, -0.25) is 0 Å². The lowest BCUT2D eigenvalue weighted by Crippen LogP contribution is -2.46. The van der Waals surface area contributed by atoms with E-state index in [2.05, 4.69) is 52.7 Å². The standard InChI is InChI=1S/C12H17BrN2O/c1-8-4-11(13)5-14-12(8)15-6-9(2)16-10(3)7-15/h4-5,9-10H,6-7H2,1-3H3/t9-,10+. The maximum atomic E-state index is 5.72. The summed E-state index contributed by atoms with van der Waals surface area (Å²) < 4.78 is 6.75. The van der Waals surface area contributed by atoms with Gasteiger partial charge in [0, 0.05) is 23.8 Å². The first kappa shape index (κ1) is 11.9. The fourth-order valence-corrected chi connectivity index (χ4v) is 2.66. The number of aryl methyl sites for hydroxylation is 1. The predicted octanol–water partition coefficient (Wildman–Crippen LogP) is 2.77. The second-order valence-electron chi connectivity index (χ2n) is 4.46. The van der Waals surface area contributed by atoms with Gasteiger partial charge < -0.3 is 9.64 Å². The highest BCUT2D eigenvalue weighted by Crippen LogP contribution is 2.23. The van der Waals surface area contributed by atoms with Gasteiger partial charge in [-0.05, 0) is 48.3 Å². The second kappa shape index (κ2) is 4.72. The van der Waals surface area contributed by atoms with Gasteiger partial charge in [0.1, 0.15) is 5.82 Å². The van der Waals surface area contributed by atoms with Crippen molar-refractivity contribution in [3.63, 3.8) is 0 Å². The molecular weight excluding hydrogens is 268 g/mol. The number of aromatic nitrogens is 1. The quantitative estimate of drug-likeness (QED) is 0.793. The van der Waals surface area contributed by atoms with E-state index in [0.29, 0.717) is 0 Å². The minimum Gasteiger partial charge on any atom is -0.372 e. The van der Waals surface area contributed by atoms with Crippen molar-refractivity contribution in [2.75, 3.05) is 18.0 Å². The molecule has 0 radical (unpaired) electrons. The molecule has 2 rings (SSSR count). The molecule has 3 nitrogen and oxygen atoms in total. The van der Waals surface area contributed by atoms with Gasteiger partial charge in [-0.15, -0.1) is 0 Å². The smallest absolute Gasteiger partial charge is 0.131 e. The molecule has 0 aliphatic carbocycles. The number of hydrogen-bond donors (Lipinski definition) is 0. The molecule has 0 unspecified atom stereocenters. The van der Waals surface area contributed by atoms with Crippen LogP contribution >= 0.6 is 15.9 Å². The molecule has 4 heteroatoms. The van der Waals surface area contributed by atoms with Crippen LogP contribution in [0.1, 0.15) is 19.4 Å². The summed E-state index contributed by atoms with van der Waals surface area (Å²) in [5.74, 6) is 1.07. The molecule has 1 aliphatic heterocycles. The van der Waals surface area contributed by atoms with E-state index in [1.807, 2.05) is 6.20 Å². The predicted molar refractivity (Wildman–Crippen MR) is 68.9 cm³/mol. The number of anilines is 1. The van der Waals surface area contributed by atoms with Crippen molar-refractivity contribution in [2.24, 2.45) is 0 Å². The van der Waals surface area contributed by atoms with Crippen LogP contribution in [0.15, 0.2) is 16.7 Å². The largest absolute Gasteiger partial charge is 0.372 e. The van der Waals surface area contributed by atoms with E-state index in [9.17, 15) is 0 Å². The molecule has 0 saturated carbocycles. The maximum absolute atomic E-state index is 5.72. The molecule has 0 amide bonds. The Labute approximate surface area is 105 Å². The fourth-order valence-electron chi connectivity index (χ4n) is 2.22. The minimum atomic E-state index is 0.272. The van der Waals surface area contributed by atoms with Gasteiger partial charge in [-0.25, -0.2) is 4.98 Å². The molecule has 0 aromatic carbocycles. The summed E-state index contributed by atoms with van der Waals surface area (Å²) in [4.78, 5) is 6.80. The van der Waals surface area contributed by atoms with E-state index in [1.165, 1.54) is 5.56 Å². The number of pyridine rings is 1. The SMILES string of the molecule is Cc1cc(Br)cnc1N1C[C@@H](C)O[C@@H](C)C1. The first-order valence-electron chi connectivity index (χ1n) is 5.59. The van der Waals surface area contributed by atoms with Crippen LogP contribution in [-0.4, -0.2) is 30.3 Å². The molecule has 0 spiro atoms. The molecule has 0 bridgehead atoms. The van der Waals surface area contributed by atoms with Gasteiger partial charge in [-0.1, -0.05) is 0 Å². The van der Waals surface area contributed by atoms with Crippen LogP contribution in [-0.2, 0) is 4.74 Å². The van der Waals surface area contributed by atoms with Gasteiger partial charge >= 0.3 is 0 Å². The van der Waals surface area contributed by atoms with Gasteiger partial charge in [-0.2, -0.15) is 0 Å². The molecule has 1 saturated heterocycles. The summed E-state index contributed by atoms with van der Waals surface area (Å²) in [6, 6.07) is 2.10. The van der Waals surface area contributed by atoms with Crippen LogP contribution in [0.4, 0.5) is 5.82 Å². The lowest BCUT2D eigenvalue weighted by molar-refractivity contribution is -0.00549. The number of nitrogens with zero attached hydrogens (tertiary/aromatic N) is 2. The normalized spacial score (nSPS) is 25.9. The van der Waals surface area contributed by atoms with E-state index in [-0.39, 0.29) is 12.2 Å². The highest BCUT2D eigenvalue weighted by atomic mass is 79.9. The van der Waals surface area contributed by atoms with Crippen LogP contribution < -0.4 is 4.90 Å². The molecule has 16 heavy (non-hydrogen) atoms. The number of rotatable bonds is 1. The molecule has 2 heterocycles. The van der Waals surface area contributed by atoms with Crippen molar-refractivity contribution >= 4 is 21.7 Å². The first-order valence-corrected chi connectivity index (χ1v) is 6.38. The molecule has 88 valence electrons. The maximum Gasteiger partial charge on any atom is 0.131 e. The van der Waals surface area contributed by atoms with Crippen LogP contribution in [0.2, 0.25) is 0 Å². The Morgan fingerprint density at radius 1 is 1.38 bits per heavy atom. The molecule has 1 aromatic rings. The highest BCUT2D eigenvalue weighted by molar-refractivity contribution is 9.10. The Morgan fingerprint density at radius 2 is 2.00 bits per heavy atom. The summed E-state index contributed by atoms with van der Waals surface area (Å²) in [6.45, 7) is 8.14. The molecule has 1 fully saturated rings. The van der Waals surface area contributed by atoms with Crippen molar-refractivity contribution in [3.8, 4) is 0 Å². The average Bonchev–Trinajstić information content (AvgIpc) is 2.15. The van der Waals surface area contributed by atoms with Crippen molar-refractivity contribution < 1.29 is 4.74 Å². The number of morpholine rings is 1. The van der Waals surface area contributed by atoms with Gasteiger partial charge in [0.25, 0.3) is 0 Å². The summed E-state index contributed by atoms with van der Waals surface area (Å²) in [7, 11) is 0. The van der Waals surface area contributed by atoms with E-state index < -0.39 is 0 Å². The zero-order valence-electron chi connectivity index (χ0n) is 9.90. The lowest BCUT2D eigenvalue weighted by Gasteiger charge is -2.36. The molecule has 1 aromatic heterocycles. The van der Waals surface area contributed by atoms with Crippen molar-refractivity contribution in [1.82, 2.24) is 4.98 Å². The van der Waals surface area contributed by atoms with Crippen LogP contribution in [0.5, 0.6) is 0 Å². The zero-order chi connectivity index (χ0) is 11.7. The van der Waals surface area contributed by atoms with Crippen molar-refractivity contribution in [1.29, 1.82) is 0 Å². The number of halogens is 1. The zero-order valence-corrected chi connectivity index (χ0v) is 11.5. The highest BCUT2D eigenvalue weighted by Gasteiger charge is 2.23. The van der Waals surface area contributed by atoms with E-state index in [1.54, 1.807) is 0 Å². The Balaban J connectivity index is 2.23. The Morgan fingerprint density at radius 3 is 2.56 bits per heavy atom. The third-order valence-electron chi connectivity index (χ3n) is 2.74. The topological polar surface area (TPSA) is 25.4 Å². The van der Waals surface area contributed by atoms with Crippen LogP contribution in [0.25, 0.3) is 0 Å². The third-order valence-corrected chi connectivity index (χ3v) is 3.17. The average molecular weight is 285 g/mol. The van der Waals surface area contributed by atoms with E-state index in [0.717, 1.165) is 23.4 Å². The molecule has 0 N–H and O–H groups in total. The molecule has 1 aliphatic rings. The van der Waals surface area contributed by atoms with Gasteiger partial charge in [0.2, 0.25) is 0 Å². The Bertz CT molecular complexity index is 373. The molecular formula is C12H17BrN2O. The number of hydrogen-bond acceptors (Lipinski definition) is 3. The number of ether oxygens (including phenoxy) is 1. The Hall–Kier alpha value is -0.610. The van der Waals surface area contributed by atoms with Crippen LogP contribution in [0, 0.1) is 6.92 Å². The Kier molecular flexibility index (Phi) is 3.50. The fraction of sp³-hybridized carbons (Fsp3) is 0.583. The van der Waals surface area contributed by atoms with Gasteiger partial charge in [0.15, 0.2) is 0 Å². The van der Waals surface area contributed by atoms with E-state index in [4.69, 9.17) is 4.74 Å².